The molecule has 1 heterocycles. The third-order valence-electron chi connectivity index (χ3n) is 2.64. The van der Waals surface area contributed by atoms with E-state index in [-0.39, 0.29) is 0 Å². The average molecular weight is 205 g/mol. The van der Waals surface area contributed by atoms with Gasteiger partial charge in [0.2, 0.25) is 0 Å². The van der Waals surface area contributed by atoms with Crippen molar-refractivity contribution in [3.8, 4) is 0 Å². The molecule has 0 saturated carbocycles. The minimum Gasteiger partial charge on any atom is -0.333 e. The number of aromatic nitrogens is 2. The Bertz CT molecular complexity index is 415. The Hall–Kier alpha value is -1.38. The van der Waals surface area contributed by atoms with Crippen molar-refractivity contribution in [2.24, 2.45) is 12.0 Å². The van der Waals surface area contributed by atoms with Crippen LogP contribution in [0.15, 0.2) is 28.7 Å². The van der Waals surface area contributed by atoms with E-state index in [0.717, 1.165) is 23.3 Å². The first kappa shape index (κ1) is 11.7. The summed E-state index contributed by atoms with van der Waals surface area (Å²) in [5.41, 5.74) is 4.30. The summed E-state index contributed by atoms with van der Waals surface area (Å²) in [5, 5.41) is 0. The van der Waals surface area contributed by atoms with Gasteiger partial charge in [-0.2, -0.15) is 0 Å². The first-order chi connectivity index (χ1) is 7.06. The van der Waals surface area contributed by atoms with Crippen LogP contribution in [0.1, 0.15) is 32.9 Å². The van der Waals surface area contributed by atoms with E-state index in [0.29, 0.717) is 0 Å². The number of allylic oxidation sites excluding steroid dienone is 2. The second-order valence-electron chi connectivity index (χ2n) is 3.78. The molecule has 1 aromatic heterocycles. The second kappa shape index (κ2) is 4.91. The third kappa shape index (κ3) is 2.78. The molecule has 0 radical (unpaired) electrons. The molecular weight excluding hydrogens is 186 g/mol. The molecular formula is C12H19N3. The van der Waals surface area contributed by atoms with E-state index in [1.165, 1.54) is 5.57 Å². The Morgan fingerprint density at radius 1 is 1.47 bits per heavy atom. The van der Waals surface area contributed by atoms with E-state index in [1.807, 2.05) is 31.7 Å². The molecule has 15 heavy (non-hydrogen) atoms. The molecule has 0 bridgehead atoms. The normalized spacial score (nSPS) is 14.1. The molecule has 0 aliphatic rings. The van der Waals surface area contributed by atoms with E-state index in [2.05, 4.69) is 23.8 Å². The molecule has 0 spiro atoms. The zero-order valence-corrected chi connectivity index (χ0v) is 10.2. The molecule has 0 saturated heterocycles. The second-order valence-corrected chi connectivity index (χ2v) is 3.78. The molecule has 0 atom stereocenters. The fourth-order valence-corrected chi connectivity index (χ4v) is 1.30. The van der Waals surface area contributed by atoms with Crippen LogP contribution in [0.3, 0.4) is 0 Å². The summed E-state index contributed by atoms with van der Waals surface area (Å²) in [6, 6.07) is 0. The lowest BCUT2D eigenvalue weighted by Gasteiger charge is -2.04. The van der Waals surface area contributed by atoms with E-state index < -0.39 is 0 Å². The van der Waals surface area contributed by atoms with Gasteiger partial charge in [0, 0.05) is 25.1 Å². The lowest BCUT2D eigenvalue weighted by Crippen LogP contribution is -2.21. The van der Waals surface area contributed by atoms with Gasteiger partial charge in [-0.1, -0.05) is 12.5 Å². The Labute approximate surface area is 91.2 Å². The van der Waals surface area contributed by atoms with E-state index in [4.69, 9.17) is 0 Å². The molecule has 1 aromatic rings. The highest BCUT2D eigenvalue weighted by molar-refractivity contribution is 5.09. The number of hydrogen-bond acceptors (Lipinski definition) is 2. The van der Waals surface area contributed by atoms with Crippen molar-refractivity contribution >= 4 is 0 Å². The van der Waals surface area contributed by atoms with Gasteiger partial charge >= 0.3 is 0 Å². The van der Waals surface area contributed by atoms with Crippen molar-refractivity contribution in [3.05, 3.63) is 34.8 Å². The maximum atomic E-state index is 4.61. The topological polar surface area (TPSA) is 30.2 Å². The standard InChI is InChI=1S/C12H19N3/c1-6-9(2)10(3)14-12-11(4)13-7-8-15(12)5/h7-8H,6H2,1-5H3/b10-9+,14-12?. The highest BCUT2D eigenvalue weighted by Gasteiger charge is 1.96. The van der Waals surface area contributed by atoms with Gasteiger partial charge in [0.25, 0.3) is 0 Å². The van der Waals surface area contributed by atoms with Crippen molar-refractivity contribution < 1.29 is 0 Å². The van der Waals surface area contributed by atoms with Crippen molar-refractivity contribution in [2.45, 2.75) is 34.1 Å². The van der Waals surface area contributed by atoms with Gasteiger partial charge in [-0.3, -0.25) is 4.98 Å². The predicted molar refractivity (Wildman–Crippen MR) is 62.2 cm³/mol. The molecule has 0 aliphatic heterocycles. The summed E-state index contributed by atoms with van der Waals surface area (Å²) in [6.07, 6.45) is 4.75. The van der Waals surface area contributed by atoms with Crippen molar-refractivity contribution in [1.82, 2.24) is 9.55 Å². The highest BCUT2D eigenvalue weighted by atomic mass is 15.0. The Kier molecular flexibility index (Phi) is 3.83. The SMILES string of the molecule is CC/C(C)=C(\C)N=c1c(C)nccn1C. The molecule has 0 N–H and O–H groups in total. The van der Waals surface area contributed by atoms with E-state index in [1.54, 1.807) is 6.20 Å². The van der Waals surface area contributed by atoms with Crippen LogP contribution >= 0.6 is 0 Å². The number of nitrogens with zero attached hydrogens (tertiary/aromatic N) is 3. The maximum Gasteiger partial charge on any atom is 0.154 e. The molecule has 0 unspecified atom stereocenters. The van der Waals surface area contributed by atoms with Crippen molar-refractivity contribution in [3.63, 3.8) is 0 Å². The van der Waals surface area contributed by atoms with Gasteiger partial charge in [-0.05, 0) is 27.2 Å². The molecule has 0 aliphatic carbocycles. The maximum absolute atomic E-state index is 4.61. The van der Waals surface area contributed by atoms with Gasteiger partial charge in [0.1, 0.15) is 0 Å². The lowest BCUT2D eigenvalue weighted by atomic mass is 10.2. The summed E-state index contributed by atoms with van der Waals surface area (Å²) in [4.78, 5) is 8.85. The first-order valence-electron chi connectivity index (χ1n) is 5.25. The van der Waals surface area contributed by atoms with Gasteiger partial charge in [0.15, 0.2) is 5.49 Å². The van der Waals surface area contributed by atoms with E-state index >= 15 is 0 Å². The smallest absolute Gasteiger partial charge is 0.154 e. The van der Waals surface area contributed by atoms with Crippen LogP contribution in [-0.4, -0.2) is 9.55 Å². The molecule has 82 valence electrons. The monoisotopic (exact) mass is 205 g/mol. The molecule has 0 amide bonds. The molecule has 0 fully saturated rings. The zero-order valence-electron chi connectivity index (χ0n) is 10.2. The number of hydrogen-bond donors (Lipinski definition) is 0. The van der Waals surface area contributed by atoms with Crippen molar-refractivity contribution in [1.29, 1.82) is 0 Å². The van der Waals surface area contributed by atoms with Crippen LogP contribution in [0.5, 0.6) is 0 Å². The zero-order chi connectivity index (χ0) is 11.4. The van der Waals surface area contributed by atoms with Crippen LogP contribution in [-0.2, 0) is 7.05 Å². The van der Waals surface area contributed by atoms with Crippen LogP contribution < -0.4 is 5.49 Å². The summed E-state index contributed by atoms with van der Waals surface area (Å²) in [6.45, 7) is 8.29. The highest BCUT2D eigenvalue weighted by Crippen LogP contribution is 2.07. The van der Waals surface area contributed by atoms with Crippen LogP contribution in [0.25, 0.3) is 0 Å². The summed E-state index contributed by atoms with van der Waals surface area (Å²) >= 11 is 0. The summed E-state index contributed by atoms with van der Waals surface area (Å²) in [5.74, 6) is 0. The molecule has 3 nitrogen and oxygen atoms in total. The Morgan fingerprint density at radius 2 is 2.13 bits per heavy atom. The largest absolute Gasteiger partial charge is 0.333 e. The Balaban J connectivity index is 3.34. The van der Waals surface area contributed by atoms with Crippen LogP contribution in [0, 0.1) is 6.92 Å². The van der Waals surface area contributed by atoms with Gasteiger partial charge < -0.3 is 4.57 Å². The lowest BCUT2D eigenvalue weighted by molar-refractivity contribution is 0.787. The van der Waals surface area contributed by atoms with Gasteiger partial charge in [-0.25, -0.2) is 4.99 Å². The fourth-order valence-electron chi connectivity index (χ4n) is 1.30. The minimum atomic E-state index is 0.933. The fraction of sp³-hybridized carbons (Fsp3) is 0.500. The molecule has 0 aromatic carbocycles. The first-order valence-corrected chi connectivity index (χ1v) is 5.25. The van der Waals surface area contributed by atoms with Crippen LogP contribution in [0.4, 0.5) is 0 Å². The Morgan fingerprint density at radius 3 is 2.67 bits per heavy atom. The number of rotatable bonds is 2. The predicted octanol–water partition coefficient (Wildman–Crippen LogP) is 2.33. The van der Waals surface area contributed by atoms with Crippen LogP contribution in [0.2, 0.25) is 0 Å². The third-order valence-corrected chi connectivity index (χ3v) is 2.64. The number of aryl methyl sites for hydroxylation is 2. The quantitative estimate of drug-likeness (QED) is 0.728. The summed E-state index contributed by atoms with van der Waals surface area (Å²) < 4.78 is 1.99. The minimum absolute atomic E-state index is 0.933. The van der Waals surface area contributed by atoms with E-state index in [9.17, 15) is 0 Å². The summed E-state index contributed by atoms with van der Waals surface area (Å²) in [7, 11) is 1.99. The van der Waals surface area contributed by atoms with Gasteiger partial charge in [-0.15, -0.1) is 0 Å². The van der Waals surface area contributed by atoms with Crippen molar-refractivity contribution in [2.75, 3.05) is 0 Å². The average Bonchev–Trinajstić information content (AvgIpc) is 2.22. The van der Waals surface area contributed by atoms with Gasteiger partial charge in [0.05, 0.1) is 5.69 Å². The molecule has 3 heteroatoms. The molecule has 1 rings (SSSR count).